The predicted molar refractivity (Wildman–Crippen MR) is 103 cm³/mol. The van der Waals surface area contributed by atoms with Crippen molar-refractivity contribution in [1.82, 2.24) is 4.98 Å². The molecule has 0 aliphatic heterocycles. The fourth-order valence-electron chi connectivity index (χ4n) is 4.84. The lowest BCUT2D eigenvalue weighted by Gasteiger charge is -2.36. The summed E-state index contributed by atoms with van der Waals surface area (Å²) in [5.74, 6) is 0.849. The molecule has 3 aromatic rings. The molecule has 0 radical (unpaired) electrons. The lowest BCUT2D eigenvalue weighted by Crippen LogP contribution is -2.29. The van der Waals surface area contributed by atoms with Gasteiger partial charge < -0.3 is 0 Å². The summed E-state index contributed by atoms with van der Waals surface area (Å²) in [7, 11) is 0. The highest BCUT2D eigenvalue weighted by Gasteiger charge is 2.37. The molecule has 5 rings (SSSR count). The molecule has 5 heteroatoms. The number of carbonyl (C=O) groups is 1. The summed E-state index contributed by atoms with van der Waals surface area (Å²) in [6, 6.07) is 14.9. The number of nitro benzene ring substituents is 1. The van der Waals surface area contributed by atoms with Crippen LogP contribution in [0.5, 0.6) is 0 Å². The summed E-state index contributed by atoms with van der Waals surface area (Å²) in [5.41, 5.74) is 5.07. The number of fused-ring (bicyclic) bond motifs is 5. The van der Waals surface area contributed by atoms with Crippen LogP contribution in [0.1, 0.15) is 36.4 Å². The van der Waals surface area contributed by atoms with Crippen LogP contribution in [0, 0.1) is 16.0 Å². The van der Waals surface area contributed by atoms with E-state index < -0.39 is 0 Å². The summed E-state index contributed by atoms with van der Waals surface area (Å²) >= 11 is 0. The number of non-ortho nitro benzene ring substituents is 1. The molecule has 134 valence electrons. The first-order valence-corrected chi connectivity index (χ1v) is 9.28. The summed E-state index contributed by atoms with van der Waals surface area (Å²) in [6.45, 7) is 0. The van der Waals surface area contributed by atoms with Gasteiger partial charge in [0.2, 0.25) is 0 Å². The molecule has 1 saturated carbocycles. The quantitative estimate of drug-likeness (QED) is 0.486. The monoisotopic (exact) mass is 358 g/mol. The molecule has 27 heavy (non-hydrogen) atoms. The molecule has 1 fully saturated rings. The second kappa shape index (κ2) is 5.98. The third kappa shape index (κ3) is 2.62. The number of Topliss-reactive ketones (excluding diaryl/α,β-unsaturated/α-hetero) is 1. The van der Waals surface area contributed by atoms with Crippen molar-refractivity contribution in [3.8, 4) is 11.1 Å². The Bertz CT molecular complexity index is 1090. The number of nitro groups is 1. The van der Waals surface area contributed by atoms with E-state index in [1.165, 1.54) is 6.07 Å². The third-order valence-electron chi connectivity index (χ3n) is 5.86. The molecule has 2 aliphatic rings. The smallest absolute Gasteiger partial charge is 0.270 e. The Balaban J connectivity index is 1.86. The number of benzene rings is 2. The second-order valence-electron chi connectivity index (χ2n) is 7.62. The van der Waals surface area contributed by atoms with Crippen molar-refractivity contribution in [3.63, 3.8) is 0 Å². The van der Waals surface area contributed by atoms with Gasteiger partial charge in [0.1, 0.15) is 5.78 Å². The highest BCUT2D eigenvalue weighted by molar-refractivity contribution is 5.98. The van der Waals surface area contributed by atoms with Gasteiger partial charge >= 0.3 is 0 Å². The van der Waals surface area contributed by atoms with Gasteiger partial charge in [-0.1, -0.05) is 30.3 Å². The highest BCUT2D eigenvalue weighted by atomic mass is 16.6. The zero-order valence-corrected chi connectivity index (χ0v) is 14.7. The lowest BCUT2D eigenvalue weighted by molar-refractivity contribution is -0.384. The van der Waals surface area contributed by atoms with E-state index >= 15 is 0 Å². The molecule has 0 N–H and O–H groups in total. The Kier molecular flexibility index (Phi) is 3.57. The van der Waals surface area contributed by atoms with Crippen molar-refractivity contribution in [1.29, 1.82) is 0 Å². The van der Waals surface area contributed by atoms with E-state index in [9.17, 15) is 14.9 Å². The van der Waals surface area contributed by atoms with Crippen LogP contribution in [0.25, 0.3) is 22.0 Å². The minimum absolute atomic E-state index is 0.0647. The number of hydrogen-bond acceptors (Lipinski definition) is 4. The maximum atomic E-state index is 12.2. The fraction of sp³-hybridized carbons (Fsp3) is 0.273. The number of rotatable bonds is 2. The van der Waals surface area contributed by atoms with E-state index in [4.69, 9.17) is 4.98 Å². The van der Waals surface area contributed by atoms with Gasteiger partial charge in [0.15, 0.2) is 0 Å². The molecule has 5 nitrogen and oxygen atoms in total. The molecule has 0 amide bonds. The van der Waals surface area contributed by atoms with E-state index in [1.807, 2.05) is 30.3 Å². The average Bonchev–Trinajstić information content (AvgIpc) is 2.66. The number of carbonyl (C=O) groups excluding carboxylic acids is 1. The van der Waals surface area contributed by atoms with Crippen LogP contribution >= 0.6 is 0 Å². The Morgan fingerprint density at radius 1 is 1.04 bits per heavy atom. The van der Waals surface area contributed by atoms with E-state index in [1.54, 1.807) is 12.1 Å². The van der Waals surface area contributed by atoms with Gasteiger partial charge in [0, 0.05) is 36.1 Å². The van der Waals surface area contributed by atoms with Crippen LogP contribution in [0.2, 0.25) is 0 Å². The maximum absolute atomic E-state index is 12.2. The largest absolute Gasteiger partial charge is 0.300 e. The molecule has 2 aliphatic carbocycles. The zero-order valence-electron chi connectivity index (χ0n) is 14.7. The zero-order chi connectivity index (χ0) is 18.5. The Morgan fingerprint density at radius 3 is 2.63 bits per heavy atom. The van der Waals surface area contributed by atoms with Crippen LogP contribution in [-0.4, -0.2) is 15.7 Å². The topological polar surface area (TPSA) is 73.1 Å². The van der Waals surface area contributed by atoms with E-state index in [0.29, 0.717) is 24.5 Å². The number of ketones is 1. The van der Waals surface area contributed by atoms with Crippen molar-refractivity contribution in [2.45, 2.75) is 31.6 Å². The van der Waals surface area contributed by atoms with Crippen LogP contribution in [0.4, 0.5) is 5.69 Å². The van der Waals surface area contributed by atoms with Gasteiger partial charge in [-0.05, 0) is 47.4 Å². The van der Waals surface area contributed by atoms with Crippen LogP contribution in [0.3, 0.4) is 0 Å². The summed E-state index contributed by atoms with van der Waals surface area (Å²) in [6.07, 6.45) is 3.01. The average molecular weight is 358 g/mol. The number of pyridine rings is 1. The van der Waals surface area contributed by atoms with Crippen molar-refractivity contribution >= 4 is 22.4 Å². The SMILES string of the molecule is O=C1C[C@@H]2Cc3nc4ccc([N+](=O)[O-])cc4c(-c4ccccc4)c3[C@H](C1)C2. The molecular formula is C22H18N2O3. The summed E-state index contributed by atoms with van der Waals surface area (Å²) in [5, 5.41) is 12.1. The minimum Gasteiger partial charge on any atom is -0.300 e. The summed E-state index contributed by atoms with van der Waals surface area (Å²) < 4.78 is 0. The van der Waals surface area contributed by atoms with Crippen molar-refractivity contribution < 1.29 is 9.72 Å². The van der Waals surface area contributed by atoms with Crippen molar-refractivity contribution in [2.75, 3.05) is 0 Å². The van der Waals surface area contributed by atoms with Gasteiger partial charge in [-0.25, -0.2) is 0 Å². The molecule has 2 bridgehead atoms. The van der Waals surface area contributed by atoms with Gasteiger partial charge in [-0.3, -0.25) is 19.9 Å². The van der Waals surface area contributed by atoms with E-state index in [2.05, 4.69) is 0 Å². The normalized spacial score (nSPS) is 21.1. The van der Waals surface area contributed by atoms with Gasteiger partial charge in [0.25, 0.3) is 5.69 Å². The molecule has 1 aromatic heterocycles. The number of hydrogen-bond donors (Lipinski definition) is 0. The maximum Gasteiger partial charge on any atom is 0.270 e. The fourth-order valence-corrected chi connectivity index (χ4v) is 4.84. The lowest BCUT2D eigenvalue weighted by atomic mass is 9.68. The Labute approximate surface area is 156 Å². The Hall–Kier alpha value is -3.08. The van der Waals surface area contributed by atoms with Crippen LogP contribution in [0.15, 0.2) is 48.5 Å². The van der Waals surface area contributed by atoms with E-state index in [-0.39, 0.29) is 16.5 Å². The van der Waals surface area contributed by atoms with Gasteiger partial charge in [0.05, 0.1) is 10.4 Å². The standard InChI is InChI=1S/C22H18N2O3/c25-17-9-13-8-15(11-17)22-20(10-13)23-19-7-6-16(24(26)27)12-18(19)21(22)14-4-2-1-3-5-14/h1-7,12-13,15H,8-11H2/t13-,15+/m1/s1. The van der Waals surface area contributed by atoms with Crippen molar-refractivity contribution in [2.24, 2.45) is 5.92 Å². The van der Waals surface area contributed by atoms with Gasteiger partial charge in [-0.2, -0.15) is 0 Å². The number of aromatic nitrogens is 1. The molecule has 0 saturated heterocycles. The molecule has 2 aromatic carbocycles. The van der Waals surface area contributed by atoms with E-state index in [0.717, 1.165) is 46.1 Å². The minimum atomic E-state index is -0.367. The number of nitrogens with zero attached hydrogens (tertiary/aromatic N) is 2. The second-order valence-corrected chi connectivity index (χ2v) is 7.62. The summed E-state index contributed by atoms with van der Waals surface area (Å²) in [4.78, 5) is 28.1. The van der Waals surface area contributed by atoms with Crippen molar-refractivity contribution in [3.05, 3.63) is 69.9 Å². The first kappa shape index (κ1) is 16.1. The van der Waals surface area contributed by atoms with Crippen LogP contribution in [-0.2, 0) is 11.2 Å². The molecular weight excluding hydrogens is 340 g/mol. The predicted octanol–water partition coefficient (Wildman–Crippen LogP) is 4.82. The Morgan fingerprint density at radius 2 is 1.85 bits per heavy atom. The van der Waals surface area contributed by atoms with Crippen LogP contribution < -0.4 is 0 Å². The highest BCUT2D eigenvalue weighted by Crippen LogP contribution is 2.48. The first-order valence-electron chi connectivity index (χ1n) is 9.28. The molecule has 2 atom stereocenters. The molecule has 1 heterocycles. The molecule has 0 unspecified atom stereocenters. The third-order valence-corrected chi connectivity index (χ3v) is 5.86. The van der Waals surface area contributed by atoms with Gasteiger partial charge in [-0.15, -0.1) is 0 Å². The first-order chi connectivity index (χ1) is 13.1. The molecule has 0 spiro atoms.